The zero-order chi connectivity index (χ0) is 38.3. The number of ether oxygens (including phenoxy) is 2. The van der Waals surface area contributed by atoms with Crippen molar-refractivity contribution < 1.29 is 24.2 Å². The molecular weight excluding hydrogens is 687 g/mol. The summed E-state index contributed by atoms with van der Waals surface area (Å²) in [5.74, 6) is 2.16. The first-order chi connectivity index (χ1) is 25.4. The molecule has 0 fully saturated rings. The van der Waals surface area contributed by atoms with Crippen molar-refractivity contribution in [2.75, 3.05) is 44.9 Å². The van der Waals surface area contributed by atoms with E-state index in [9.17, 15) is 14.7 Å². The van der Waals surface area contributed by atoms with Crippen molar-refractivity contribution in [2.45, 2.75) is 218 Å². The molecule has 8 heteroatoms. The molecule has 0 aromatic heterocycles. The maximum absolute atomic E-state index is 13.0. The number of hydrogen-bond donors (Lipinski definition) is 1. The highest BCUT2D eigenvalue weighted by molar-refractivity contribution is 8.18. The number of nitrogens with zero attached hydrogens (tertiary/aromatic N) is 1. The number of carbonyl (C=O) groups excluding carboxylic acids is 2. The van der Waals surface area contributed by atoms with Crippen molar-refractivity contribution in [1.82, 2.24) is 4.90 Å². The Hall–Kier alpha value is -0.440. The molecule has 0 spiro atoms. The van der Waals surface area contributed by atoms with E-state index in [-0.39, 0.29) is 29.0 Å². The van der Waals surface area contributed by atoms with Crippen LogP contribution < -0.4 is 0 Å². The normalized spacial score (nSPS) is 12.8. The summed E-state index contributed by atoms with van der Waals surface area (Å²) in [7, 11) is 2.23. The second-order valence-electron chi connectivity index (χ2n) is 15.2. The predicted molar refractivity (Wildman–Crippen MR) is 230 cm³/mol. The first-order valence-corrected chi connectivity index (χ1v) is 24.4. The molecular formula is C44H87NO5S2. The first kappa shape index (κ1) is 51.6. The fraction of sp³-hybridized carbons (Fsp3) is 0.955. The second-order valence-corrected chi connectivity index (χ2v) is 17.9. The smallest absolute Gasteiger partial charge is 0.329 e. The van der Waals surface area contributed by atoms with Gasteiger partial charge in [0.2, 0.25) is 0 Å². The molecule has 0 amide bonds. The Kier molecular flexibility index (Phi) is 39.9. The van der Waals surface area contributed by atoms with Crippen LogP contribution in [0, 0.1) is 5.92 Å². The van der Waals surface area contributed by atoms with Gasteiger partial charge in [-0.05, 0) is 89.3 Å². The van der Waals surface area contributed by atoms with Gasteiger partial charge < -0.3 is 19.5 Å². The fourth-order valence-corrected chi connectivity index (χ4v) is 9.27. The van der Waals surface area contributed by atoms with E-state index in [1.54, 1.807) is 23.5 Å². The summed E-state index contributed by atoms with van der Waals surface area (Å²) in [5.41, 5.74) is 0. The van der Waals surface area contributed by atoms with Gasteiger partial charge in [0.15, 0.2) is 0 Å². The maximum Gasteiger partial charge on any atom is 0.329 e. The highest BCUT2D eigenvalue weighted by atomic mass is 32.2. The summed E-state index contributed by atoms with van der Waals surface area (Å²) in [6, 6.07) is 0.511. The lowest BCUT2D eigenvalue weighted by Crippen LogP contribution is -2.32. The van der Waals surface area contributed by atoms with Crippen LogP contribution in [0.4, 0.5) is 0 Å². The van der Waals surface area contributed by atoms with Gasteiger partial charge in [0.05, 0.1) is 19.1 Å². The van der Waals surface area contributed by atoms with Gasteiger partial charge >= 0.3 is 11.9 Å². The van der Waals surface area contributed by atoms with Crippen LogP contribution in [0.3, 0.4) is 0 Å². The van der Waals surface area contributed by atoms with Crippen LogP contribution in [0.5, 0.6) is 0 Å². The molecule has 0 rings (SSSR count). The maximum atomic E-state index is 13.0. The van der Waals surface area contributed by atoms with Gasteiger partial charge in [0.25, 0.3) is 0 Å². The number of carbonyl (C=O) groups is 2. The van der Waals surface area contributed by atoms with Crippen LogP contribution in [0.25, 0.3) is 0 Å². The fourth-order valence-electron chi connectivity index (χ4n) is 6.73. The Bertz CT molecular complexity index is 761. The van der Waals surface area contributed by atoms with Gasteiger partial charge in [-0.3, -0.25) is 4.79 Å². The molecule has 0 aliphatic heterocycles. The van der Waals surface area contributed by atoms with E-state index in [1.165, 1.54) is 89.9 Å². The number of thioether (sulfide) groups is 2. The first-order valence-electron chi connectivity index (χ1n) is 22.3. The van der Waals surface area contributed by atoms with E-state index in [1.807, 2.05) is 0 Å². The Labute approximate surface area is 332 Å². The van der Waals surface area contributed by atoms with E-state index in [4.69, 9.17) is 9.47 Å². The van der Waals surface area contributed by atoms with Gasteiger partial charge in [0, 0.05) is 12.6 Å². The van der Waals surface area contributed by atoms with E-state index in [2.05, 4.69) is 39.6 Å². The highest BCUT2D eigenvalue weighted by Crippen LogP contribution is 2.28. The van der Waals surface area contributed by atoms with Gasteiger partial charge in [0.1, 0.15) is 4.58 Å². The number of unbranched alkanes of at least 4 members (excludes halogenated alkanes) is 17. The lowest BCUT2D eigenvalue weighted by Gasteiger charge is -2.28. The van der Waals surface area contributed by atoms with Gasteiger partial charge in [-0.25, -0.2) is 4.79 Å². The quantitative estimate of drug-likeness (QED) is 0.0374. The zero-order valence-electron chi connectivity index (χ0n) is 35.1. The molecule has 0 aliphatic carbocycles. The molecule has 2 atom stereocenters. The van der Waals surface area contributed by atoms with E-state index < -0.39 is 0 Å². The van der Waals surface area contributed by atoms with Crippen molar-refractivity contribution >= 4 is 35.5 Å². The Morgan fingerprint density at radius 3 is 1.46 bits per heavy atom. The van der Waals surface area contributed by atoms with Crippen LogP contribution in [0.2, 0.25) is 0 Å². The number of hydrogen-bond acceptors (Lipinski definition) is 8. The molecule has 0 saturated heterocycles. The number of rotatable bonds is 41. The van der Waals surface area contributed by atoms with E-state index >= 15 is 0 Å². The summed E-state index contributed by atoms with van der Waals surface area (Å²) in [6.07, 6.45) is 32.0. The van der Waals surface area contributed by atoms with Crippen LogP contribution in [-0.4, -0.2) is 77.5 Å². The third-order valence-electron chi connectivity index (χ3n) is 10.3. The monoisotopic (exact) mass is 774 g/mol. The average Bonchev–Trinajstić information content (AvgIpc) is 3.14. The van der Waals surface area contributed by atoms with Gasteiger partial charge in [-0.1, -0.05) is 143 Å². The Morgan fingerprint density at radius 1 is 0.519 bits per heavy atom. The number of esters is 2. The highest BCUT2D eigenvalue weighted by Gasteiger charge is 2.22. The number of aliphatic hydroxyl groups excluding tert-OH is 1. The molecule has 0 aliphatic rings. The van der Waals surface area contributed by atoms with Crippen molar-refractivity contribution in [3.8, 4) is 0 Å². The minimum Gasteiger partial charge on any atom is -0.465 e. The Balaban J connectivity index is 4.62. The third kappa shape index (κ3) is 31.9. The minimum atomic E-state index is -0.0868. The van der Waals surface area contributed by atoms with Crippen molar-refractivity contribution in [3.63, 3.8) is 0 Å². The molecule has 6 nitrogen and oxygen atoms in total. The molecule has 2 unspecified atom stereocenters. The number of aliphatic hydroxyl groups is 1. The summed E-state index contributed by atoms with van der Waals surface area (Å²) < 4.78 is 11.6. The van der Waals surface area contributed by atoms with E-state index in [0.717, 1.165) is 108 Å². The molecule has 0 aromatic rings. The Morgan fingerprint density at radius 2 is 0.942 bits per heavy atom. The molecule has 1 N–H and O–H groups in total. The van der Waals surface area contributed by atoms with Crippen molar-refractivity contribution in [2.24, 2.45) is 5.92 Å². The SMILES string of the molecule is CCCCCCCCC(CCCCCC)C(=O)OCCCCCC(CCCCCOC(=O)C(SCCCCC)SCCCCC)N(C)CCCCO. The molecule has 0 bridgehead atoms. The van der Waals surface area contributed by atoms with Crippen LogP contribution >= 0.6 is 23.5 Å². The third-order valence-corrected chi connectivity index (χ3v) is 13.1. The summed E-state index contributed by atoms with van der Waals surface area (Å²) in [6.45, 7) is 11.3. The molecule has 0 saturated carbocycles. The average molecular weight is 774 g/mol. The van der Waals surface area contributed by atoms with Gasteiger partial charge in [-0.15, -0.1) is 23.5 Å². The predicted octanol–water partition coefficient (Wildman–Crippen LogP) is 12.8. The largest absolute Gasteiger partial charge is 0.465 e. The van der Waals surface area contributed by atoms with Crippen molar-refractivity contribution in [3.05, 3.63) is 0 Å². The lowest BCUT2D eigenvalue weighted by molar-refractivity contribution is -0.149. The minimum absolute atomic E-state index is 0.0320. The lowest BCUT2D eigenvalue weighted by atomic mass is 9.94. The van der Waals surface area contributed by atoms with Crippen LogP contribution in [0.1, 0.15) is 207 Å². The summed E-state index contributed by atoms with van der Waals surface area (Å²) in [5, 5.41) is 9.29. The molecule has 310 valence electrons. The molecule has 0 heterocycles. The van der Waals surface area contributed by atoms with Crippen LogP contribution in [0.15, 0.2) is 0 Å². The van der Waals surface area contributed by atoms with Gasteiger partial charge in [-0.2, -0.15) is 0 Å². The standard InChI is InChI=1S/C44H87NO5S2/c1-6-10-14-16-17-21-31-40(30-20-15-11-7-2)42(47)49-36-26-18-22-32-41(45(5)34-24-25-35-46)33-23-19-27-37-50-43(48)44(51-38-28-12-8-3)52-39-29-13-9-4/h40-41,44,46H,6-39H2,1-5H3. The zero-order valence-corrected chi connectivity index (χ0v) is 36.8. The van der Waals surface area contributed by atoms with Crippen molar-refractivity contribution in [1.29, 1.82) is 0 Å². The van der Waals surface area contributed by atoms with E-state index in [0.29, 0.717) is 19.3 Å². The summed E-state index contributed by atoms with van der Waals surface area (Å²) >= 11 is 3.56. The summed E-state index contributed by atoms with van der Waals surface area (Å²) in [4.78, 5) is 28.4. The molecule has 52 heavy (non-hydrogen) atoms. The topological polar surface area (TPSA) is 76.1 Å². The molecule has 0 radical (unpaired) electrons. The van der Waals surface area contributed by atoms with Crippen LogP contribution in [-0.2, 0) is 19.1 Å². The molecule has 0 aromatic carbocycles. The second kappa shape index (κ2) is 40.2.